The van der Waals surface area contributed by atoms with Crippen LogP contribution in [0.15, 0.2) is 17.4 Å². The first-order valence-corrected chi connectivity index (χ1v) is 8.92. The van der Waals surface area contributed by atoms with Gasteiger partial charge in [-0.05, 0) is 38.7 Å². The van der Waals surface area contributed by atoms with Crippen LogP contribution in [0.5, 0.6) is 0 Å². The van der Waals surface area contributed by atoms with Gasteiger partial charge in [-0.1, -0.05) is 18.7 Å². The zero-order valence-corrected chi connectivity index (χ0v) is 14.0. The van der Waals surface area contributed by atoms with Crippen molar-refractivity contribution in [3.8, 4) is 0 Å². The molecule has 0 unspecified atom stereocenters. The van der Waals surface area contributed by atoms with E-state index in [1.54, 1.807) is 6.20 Å². The Morgan fingerprint density at radius 3 is 3.00 bits per heavy atom. The van der Waals surface area contributed by atoms with E-state index < -0.39 is 0 Å². The number of hydrogen-bond acceptors (Lipinski definition) is 5. The van der Waals surface area contributed by atoms with Crippen molar-refractivity contribution in [3.05, 3.63) is 18.0 Å². The third kappa shape index (κ3) is 2.63. The molecule has 0 radical (unpaired) electrons. The summed E-state index contributed by atoms with van der Waals surface area (Å²) in [4.78, 5) is 23.2. The number of hydrogen-bond donors (Lipinski definition) is 1. The van der Waals surface area contributed by atoms with E-state index in [1.165, 1.54) is 11.8 Å². The molecular formula is C16H23N3O2S. The maximum atomic E-state index is 12.7. The van der Waals surface area contributed by atoms with E-state index in [1.807, 2.05) is 17.9 Å². The number of nitrogens with zero attached hydrogens (tertiary/aromatic N) is 3. The molecule has 1 amide bonds. The predicted octanol–water partition coefficient (Wildman–Crippen LogP) is 2.03. The van der Waals surface area contributed by atoms with Gasteiger partial charge in [0.25, 0.3) is 0 Å². The summed E-state index contributed by atoms with van der Waals surface area (Å²) in [6.45, 7) is 4.22. The second-order valence-corrected chi connectivity index (χ2v) is 7.34. The average Bonchev–Trinajstić information content (AvgIpc) is 3.08. The molecule has 1 N–H and O–H groups in total. The number of thioether (sulfide) groups is 1. The Labute approximate surface area is 135 Å². The fourth-order valence-corrected chi connectivity index (χ4v) is 4.77. The summed E-state index contributed by atoms with van der Waals surface area (Å²) in [7, 11) is 0. The molecule has 1 aromatic rings. The highest BCUT2D eigenvalue weighted by atomic mass is 32.2. The number of carbonyl (C=O) groups excluding carboxylic acids is 1. The lowest BCUT2D eigenvalue weighted by molar-refractivity contribution is -0.130. The normalized spacial score (nSPS) is 30.0. The van der Waals surface area contributed by atoms with E-state index >= 15 is 0 Å². The molecule has 2 aliphatic heterocycles. The van der Waals surface area contributed by atoms with Crippen molar-refractivity contribution in [2.24, 2.45) is 5.41 Å². The van der Waals surface area contributed by atoms with E-state index in [4.69, 9.17) is 0 Å². The molecule has 0 aromatic carbocycles. The topological polar surface area (TPSA) is 66.3 Å². The van der Waals surface area contributed by atoms with E-state index in [-0.39, 0.29) is 24.0 Å². The molecule has 5 nitrogen and oxygen atoms in total. The van der Waals surface area contributed by atoms with Gasteiger partial charge < -0.3 is 10.0 Å². The van der Waals surface area contributed by atoms with Crippen LogP contribution in [-0.2, 0) is 4.79 Å². The van der Waals surface area contributed by atoms with Crippen LogP contribution in [0.4, 0.5) is 0 Å². The minimum absolute atomic E-state index is 0.0803. The van der Waals surface area contributed by atoms with E-state index in [0.29, 0.717) is 17.0 Å². The van der Waals surface area contributed by atoms with Crippen LogP contribution in [0, 0.1) is 12.3 Å². The maximum Gasteiger partial charge on any atom is 0.233 e. The smallest absolute Gasteiger partial charge is 0.233 e. The number of aromatic nitrogens is 2. The van der Waals surface area contributed by atoms with Gasteiger partial charge in [0.05, 0.1) is 12.4 Å². The van der Waals surface area contributed by atoms with Crippen molar-refractivity contribution in [2.75, 3.05) is 12.4 Å². The number of aliphatic hydroxyl groups excluding tert-OH is 1. The summed E-state index contributed by atoms with van der Waals surface area (Å²) >= 11 is 1.40. The maximum absolute atomic E-state index is 12.7. The summed E-state index contributed by atoms with van der Waals surface area (Å²) in [5, 5.41) is 10.5. The lowest BCUT2D eigenvalue weighted by atomic mass is 9.72. The number of aliphatic hydroxyl groups is 1. The Morgan fingerprint density at radius 2 is 2.36 bits per heavy atom. The fraction of sp³-hybridized carbons (Fsp3) is 0.688. The highest BCUT2D eigenvalue weighted by molar-refractivity contribution is 7.99. The number of carbonyl (C=O) groups is 1. The molecule has 1 aromatic heterocycles. The predicted molar refractivity (Wildman–Crippen MR) is 85.6 cm³/mol. The van der Waals surface area contributed by atoms with Crippen LogP contribution in [-0.4, -0.2) is 50.3 Å². The standard InChI is InChI=1S/C16H23N3O2S/c1-3-16(10-20)8-12-4-5-13(16)19(12)14(21)9-22-15-17-7-6-11(2)18-15/h6-7,12-13,20H,3-5,8-10H2,1-2H3/t12-,13+,16-/m0/s1. The van der Waals surface area contributed by atoms with E-state index in [2.05, 4.69) is 16.9 Å². The number of amides is 1. The van der Waals surface area contributed by atoms with Gasteiger partial charge in [-0.15, -0.1) is 0 Å². The Balaban J connectivity index is 1.66. The molecule has 2 aliphatic rings. The highest BCUT2D eigenvalue weighted by Crippen LogP contribution is 2.51. The van der Waals surface area contributed by atoms with E-state index in [0.717, 1.165) is 31.4 Å². The highest BCUT2D eigenvalue weighted by Gasteiger charge is 2.55. The first-order chi connectivity index (χ1) is 10.6. The van der Waals surface area contributed by atoms with Gasteiger partial charge in [-0.25, -0.2) is 9.97 Å². The third-order valence-electron chi connectivity index (χ3n) is 5.26. The van der Waals surface area contributed by atoms with Gasteiger partial charge in [-0.3, -0.25) is 4.79 Å². The number of rotatable bonds is 5. The van der Waals surface area contributed by atoms with Crippen LogP contribution >= 0.6 is 11.8 Å². The van der Waals surface area contributed by atoms with Crippen LogP contribution in [0.2, 0.25) is 0 Å². The average molecular weight is 321 g/mol. The minimum atomic E-state index is -0.0803. The van der Waals surface area contributed by atoms with Crippen molar-refractivity contribution >= 4 is 17.7 Å². The molecule has 0 spiro atoms. The second-order valence-electron chi connectivity index (χ2n) is 6.40. The SMILES string of the molecule is CC[C@@]1(CO)C[C@@H]2CC[C@H]1N2C(=O)CSc1nccc(C)n1. The molecule has 6 heteroatoms. The van der Waals surface area contributed by atoms with E-state index in [9.17, 15) is 9.90 Å². The van der Waals surface area contributed by atoms with Gasteiger partial charge in [0.15, 0.2) is 5.16 Å². The molecule has 3 rings (SSSR count). The zero-order valence-electron chi connectivity index (χ0n) is 13.2. The summed E-state index contributed by atoms with van der Waals surface area (Å²) in [6, 6.07) is 2.37. The molecule has 3 atom stereocenters. The lowest BCUT2D eigenvalue weighted by Gasteiger charge is -2.34. The van der Waals surface area contributed by atoms with Crippen LogP contribution in [0.1, 0.15) is 38.3 Å². The summed E-state index contributed by atoms with van der Waals surface area (Å²) in [5.41, 5.74) is 0.833. The summed E-state index contributed by atoms with van der Waals surface area (Å²) < 4.78 is 0. The summed E-state index contributed by atoms with van der Waals surface area (Å²) in [5.74, 6) is 0.535. The number of aryl methyl sites for hydroxylation is 1. The van der Waals surface area contributed by atoms with Crippen molar-refractivity contribution in [2.45, 2.75) is 56.8 Å². The quantitative estimate of drug-likeness (QED) is 0.664. The van der Waals surface area contributed by atoms with Gasteiger partial charge in [0, 0.05) is 29.4 Å². The molecule has 22 heavy (non-hydrogen) atoms. The largest absolute Gasteiger partial charge is 0.396 e. The van der Waals surface area contributed by atoms with Gasteiger partial charge >= 0.3 is 0 Å². The first kappa shape index (κ1) is 15.7. The molecule has 0 aliphatic carbocycles. The molecule has 2 saturated heterocycles. The zero-order chi connectivity index (χ0) is 15.7. The fourth-order valence-electron chi connectivity index (χ4n) is 4.03. The third-order valence-corrected chi connectivity index (χ3v) is 6.10. The van der Waals surface area contributed by atoms with Crippen molar-refractivity contribution in [1.29, 1.82) is 0 Å². The molecule has 3 heterocycles. The van der Waals surface area contributed by atoms with Crippen LogP contribution < -0.4 is 0 Å². The van der Waals surface area contributed by atoms with Gasteiger partial charge in [0.2, 0.25) is 5.91 Å². The van der Waals surface area contributed by atoms with Crippen molar-refractivity contribution < 1.29 is 9.90 Å². The lowest BCUT2D eigenvalue weighted by Crippen LogP contribution is -2.43. The van der Waals surface area contributed by atoms with Crippen molar-refractivity contribution in [1.82, 2.24) is 14.9 Å². The monoisotopic (exact) mass is 321 g/mol. The Hall–Kier alpha value is -1.14. The van der Waals surface area contributed by atoms with Gasteiger partial charge in [-0.2, -0.15) is 0 Å². The Morgan fingerprint density at radius 1 is 1.55 bits per heavy atom. The molecular weight excluding hydrogens is 298 g/mol. The molecule has 0 saturated carbocycles. The Bertz CT molecular complexity index is 562. The first-order valence-electron chi connectivity index (χ1n) is 7.94. The van der Waals surface area contributed by atoms with Gasteiger partial charge in [0.1, 0.15) is 0 Å². The van der Waals surface area contributed by atoms with Crippen LogP contribution in [0.3, 0.4) is 0 Å². The summed E-state index contributed by atoms with van der Waals surface area (Å²) in [6.07, 6.45) is 5.70. The molecule has 2 fully saturated rings. The Kier molecular flexibility index (Phi) is 4.41. The minimum Gasteiger partial charge on any atom is -0.396 e. The number of fused-ring (bicyclic) bond motifs is 2. The van der Waals surface area contributed by atoms with Crippen LogP contribution in [0.25, 0.3) is 0 Å². The molecule has 120 valence electrons. The second kappa shape index (κ2) is 6.16. The molecule has 2 bridgehead atoms. The van der Waals surface area contributed by atoms with Crippen molar-refractivity contribution in [3.63, 3.8) is 0 Å².